The van der Waals surface area contributed by atoms with E-state index in [0.717, 1.165) is 12.8 Å². The van der Waals surface area contributed by atoms with Crippen molar-refractivity contribution in [3.8, 4) is 11.5 Å². The van der Waals surface area contributed by atoms with Crippen molar-refractivity contribution in [2.75, 3.05) is 7.11 Å². The first-order valence-electron chi connectivity index (χ1n) is 6.45. The molecule has 6 heteroatoms. The van der Waals surface area contributed by atoms with Crippen LogP contribution in [0.15, 0.2) is 18.2 Å². The Bertz CT molecular complexity index is 529. The predicted octanol–water partition coefficient (Wildman–Crippen LogP) is 1.38. The highest BCUT2D eigenvalue weighted by molar-refractivity contribution is 7.80. The Balaban J connectivity index is 2.08. The topological polar surface area (TPSA) is 73.6 Å². The smallest absolute Gasteiger partial charge is 0.260 e. The highest BCUT2D eigenvalue weighted by Crippen LogP contribution is 2.24. The second-order valence-electron chi connectivity index (χ2n) is 4.80. The van der Waals surface area contributed by atoms with E-state index in [4.69, 9.17) is 27.4 Å². The van der Waals surface area contributed by atoms with E-state index in [0.29, 0.717) is 23.1 Å². The minimum absolute atomic E-state index is 0.118. The van der Waals surface area contributed by atoms with Gasteiger partial charge < -0.3 is 20.5 Å². The van der Waals surface area contributed by atoms with Gasteiger partial charge in [-0.3, -0.25) is 4.79 Å². The van der Waals surface area contributed by atoms with Gasteiger partial charge in [-0.25, -0.2) is 0 Å². The molecular formula is C14H18N2O3S. The van der Waals surface area contributed by atoms with Gasteiger partial charge >= 0.3 is 0 Å². The van der Waals surface area contributed by atoms with Crippen LogP contribution in [-0.4, -0.2) is 30.2 Å². The van der Waals surface area contributed by atoms with E-state index in [1.54, 1.807) is 32.2 Å². The molecule has 1 atom stereocenters. The van der Waals surface area contributed by atoms with Crippen molar-refractivity contribution in [1.29, 1.82) is 0 Å². The minimum Gasteiger partial charge on any atom is -0.497 e. The van der Waals surface area contributed by atoms with E-state index in [9.17, 15) is 4.79 Å². The summed E-state index contributed by atoms with van der Waals surface area (Å²) in [5.41, 5.74) is 6.25. The third kappa shape index (κ3) is 3.84. The lowest BCUT2D eigenvalue weighted by atomic mass is 10.2. The third-order valence-corrected chi connectivity index (χ3v) is 3.24. The zero-order chi connectivity index (χ0) is 14.7. The molecule has 1 amide bonds. The van der Waals surface area contributed by atoms with E-state index in [1.165, 1.54) is 0 Å². The molecule has 1 aliphatic carbocycles. The Labute approximate surface area is 123 Å². The molecule has 3 N–H and O–H groups in total. The second-order valence-corrected chi connectivity index (χ2v) is 5.24. The molecule has 108 valence electrons. The van der Waals surface area contributed by atoms with E-state index < -0.39 is 6.10 Å². The summed E-state index contributed by atoms with van der Waals surface area (Å²) in [5.74, 6) is 0.970. The van der Waals surface area contributed by atoms with Crippen molar-refractivity contribution in [2.24, 2.45) is 5.73 Å². The average molecular weight is 294 g/mol. The quantitative estimate of drug-likeness (QED) is 0.775. The lowest BCUT2D eigenvalue weighted by Crippen LogP contribution is -2.37. The van der Waals surface area contributed by atoms with Gasteiger partial charge in [-0.15, -0.1) is 0 Å². The molecule has 1 aromatic rings. The molecular weight excluding hydrogens is 276 g/mol. The molecule has 5 nitrogen and oxygen atoms in total. The Morgan fingerprint density at radius 2 is 2.05 bits per heavy atom. The summed E-state index contributed by atoms with van der Waals surface area (Å²) >= 11 is 4.95. The number of carbonyl (C=O) groups excluding carboxylic acids is 1. The van der Waals surface area contributed by atoms with Gasteiger partial charge in [0.25, 0.3) is 5.91 Å². The molecule has 1 unspecified atom stereocenters. The van der Waals surface area contributed by atoms with Crippen LogP contribution in [0.4, 0.5) is 0 Å². The number of carbonyl (C=O) groups is 1. The molecule has 1 saturated carbocycles. The van der Waals surface area contributed by atoms with Crippen LogP contribution in [0, 0.1) is 0 Å². The van der Waals surface area contributed by atoms with Crippen LogP contribution in [0.2, 0.25) is 0 Å². The van der Waals surface area contributed by atoms with Crippen LogP contribution >= 0.6 is 12.2 Å². The monoisotopic (exact) mass is 294 g/mol. The number of hydrogen-bond donors (Lipinski definition) is 2. The van der Waals surface area contributed by atoms with Gasteiger partial charge in [0, 0.05) is 17.7 Å². The second kappa shape index (κ2) is 6.09. The van der Waals surface area contributed by atoms with E-state index in [1.807, 2.05) is 0 Å². The third-order valence-electron chi connectivity index (χ3n) is 3.01. The first-order chi connectivity index (χ1) is 9.49. The number of rotatable bonds is 6. The Morgan fingerprint density at radius 3 is 2.60 bits per heavy atom. The van der Waals surface area contributed by atoms with Gasteiger partial charge in [-0.2, -0.15) is 0 Å². The van der Waals surface area contributed by atoms with Crippen molar-refractivity contribution < 1.29 is 14.3 Å². The molecule has 0 aliphatic heterocycles. The number of methoxy groups -OCH3 is 1. The zero-order valence-corrected chi connectivity index (χ0v) is 12.3. The fraction of sp³-hybridized carbons (Fsp3) is 0.429. The summed E-state index contributed by atoms with van der Waals surface area (Å²) in [7, 11) is 1.55. The zero-order valence-electron chi connectivity index (χ0n) is 11.5. The van der Waals surface area contributed by atoms with Crippen LogP contribution in [-0.2, 0) is 4.79 Å². The maximum absolute atomic E-state index is 11.9. The van der Waals surface area contributed by atoms with Crippen molar-refractivity contribution in [3.63, 3.8) is 0 Å². The minimum atomic E-state index is -0.582. The number of amides is 1. The van der Waals surface area contributed by atoms with Crippen LogP contribution in [0.1, 0.15) is 25.3 Å². The molecule has 1 aliphatic rings. The summed E-state index contributed by atoms with van der Waals surface area (Å²) < 4.78 is 10.8. The molecule has 0 spiro atoms. The highest BCUT2D eigenvalue weighted by Gasteiger charge is 2.26. The Hall–Kier alpha value is -1.82. The first kappa shape index (κ1) is 14.6. The fourth-order valence-corrected chi connectivity index (χ4v) is 1.82. The summed E-state index contributed by atoms with van der Waals surface area (Å²) in [5, 5.41) is 2.89. The number of nitrogens with one attached hydrogen (secondary N) is 1. The van der Waals surface area contributed by atoms with Crippen LogP contribution in [0.25, 0.3) is 0 Å². The number of hydrogen-bond acceptors (Lipinski definition) is 4. The summed E-state index contributed by atoms with van der Waals surface area (Å²) in [6.07, 6.45) is 1.51. The van der Waals surface area contributed by atoms with Crippen molar-refractivity contribution in [1.82, 2.24) is 5.32 Å². The standard InChI is InChI=1S/C14H18N2O3S/c1-8(14(17)16-10-3-4-10)19-12-6-9(13(15)20)5-11(7-12)18-2/h5-8,10H,3-4H2,1-2H3,(H2,15,20)(H,16,17). The van der Waals surface area contributed by atoms with E-state index >= 15 is 0 Å². The van der Waals surface area contributed by atoms with Gasteiger partial charge in [0.2, 0.25) is 0 Å². The normalized spacial score (nSPS) is 15.3. The maximum atomic E-state index is 11.9. The van der Waals surface area contributed by atoms with Gasteiger partial charge in [-0.05, 0) is 31.9 Å². The molecule has 2 rings (SSSR count). The molecule has 0 saturated heterocycles. The highest BCUT2D eigenvalue weighted by atomic mass is 32.1. The maximum Gasteiger partial charge on any atom is 0.260 e. The van der Waals surface area contributed by atoms with Crippen molar-refractivity contribution >= 4 is 23.1 Å². The van der Waals surface area contributed by atoms with Gasteiger partial charge in [0.1, 0.15) is 16.5 Å². The molecule has 0 aromatic heterocycles. The Morgan fingerprint density at radius 1 is 1.40 bits per heavy atom. The van der Waals surface area contributed by atoms with Gasteiger partial charge in [0.05, 0.1) is 7.11 Å². The van der Waals surface area contributed by atoms with E-state index in [2.05, 4.69) is 5.32 Å². The molecule has 0 bridgehead atoms. The fourth-order valence-electron chi connectivity index (χ4n) is 1.70. The number of benzene rings is 1. The number of thiocarbonyl (C=S) groups is 1. The van der Waals surface area contributed by atoms with Gasteiger partial charge in [-0.1, -0.05) is 12.2 Å². The van der Waals surface area contributed by atoms with Gasteiger partial charge in [0.15, 0.2) is 6.10 Å². The summed E-state index contributed by atoms with van der Waals surface area (Å²) in [4.78, 5) is 12.1. The predicted molar refractivity (Wildman–Crippen MR) is 80.1 cm³/mol. The molecule has 20 heavy (non-hydrogen) atoms. The van der Waals surface area contributed by atoms with Crippen LogP contribution < -0.4 is 20.5 Å². The van der Waals surface area contributed by atoms with Crippen LogP contribution in [0.3, 0.4) is 0 Å². The molecule has 0 radical (unpaired) electrons. The summed E-state index contributed by atoms with van der Waals surface area (Å²) in [6.45, 7) is 1.71. The van der Waals surface area contributed by atoms with Crippen molar-refractivity contribution in [2.45, 2.75) is 31.9 Å². The Kier molecular flexibility index (Phi) is 4.44. The SMILES string of the molecule is COc1cc(OC(C)C(=O)NC2CC2)cc(C(N)=S)c1. The number of ether oxygens (including phenoxy) is 2. The molecule has 1 fully saturated rings. The van der Waals surface area contributed by atoms with E-state index in [-0.39, 0.29) is 10.9 Å². The first-order valence-corrected chi connectivity index (χ1v) is 6.86. The number of nitrogens with two attached hydrogens (primary N) is 1. The largest absolute Gasteiger partial charge is 0.497 e. The lowest BCUT2D eigenvalue weighted by Gasteiger charge is -2.16. The van der Waals surface area contributed by atoms with Crippen molar-refractivity contribution in [3.05, 3.63) is 23.8 Å². The van der Waals surface area contributed by atoms with Crippen LogP contribution in [0.5, 0.6) is 11.5 Å². The lowest BCUT2D eigenvalue weighted by molar-refractivity contribution is -0.127. The average Bonchev–Trinajstić information content (AvgIpc) is 3.22. The molecule has 1 aromatic carbocycles. The molecule has 0 heterocycles. The summed E-state index contributed by atoms with van der Waals surface area (Å²) in [6, 6.07) is 5.43.